The lowest BCUT2D eigenvalue weighted by Crippen LogP contribution is -2.01. The van der Waals surface area contributed by atoms with Crippen molar-refractivity contribution in [2.24, 2.45) is 5.92 Å². The molecule has 0 saturated heterocycles. The maximum absolute atomic E-state index is 4.40. The summed E-state index contributed by atoms with van der Waals surface area (Å²) >= 11 is 0. The van der Waals surface area contributed by atoms with Crippen LogP contribution in [-0.2, 0) is 6.54 Å². The predicted octanol–water partition coefficient (Wildman–Crippen LogP) is 2.34. The van der Waals surface area contributed by atoms with E-state index in [1.165, 1.54) is 0 Å². The third-order valence-electron chi connectivity index (χ3n) is 3.34. The van der Waals surface area contributed by atoms with Gasteiger partial charge in [0.1, 0.15) is 5.82 Å². The molecule has 0 fully saturated rings. The lowest BCUT2D eigenvalue weighted by molar-refractivity contribution is 0.487. The molecule has 3 aromatic heterocycles. The molecule has 0 amide bonds. The fourth-order valence-corrected chi connectivity index (χ4v) is 2.07. The first-order chi connectivity index (χ1) is 9.63. The van der Waals surface area contributed by atoms with Crippen LogP contribution in [0.5, 0.6) is 0 Å². The molecule has 0 bridgehead atoms. The van der Waals surface area contributed by atoms with Gasteiger partial charge in [-0.3, -0.25) is 9.08 Å². The van der Waals surface area contributed by atoms with Crippen LogP contribution in [0.2, 0.25) is 0 Å². The second kappa shape index (κ2) is 5.03. The molecule has 0 spiro atoms. The van der Waals surface area contributed by atoms with Crippen molar-refractivity contribution in [2.45, 2.75) is 33.7 Å². The van der Waals surface area contributed by atoms with Gasteiger partial charge in [-0.15, -0.1) is 10.2 Å². The molecule has 0 N–H and O–H groups in total. The molecule has 20 heavy (non-hydrogen) atoms. The second-order valence-electron chi connectivity index (χ2n) is 5.43. The van der Waals surface area contributed by atoms with Crippen molar-refractivity contribution in [3.8, 4) is 11.1 Å². The minimum absolute atomic E-state index is 0.624. The smallest absolute Gasteiger partial charge is 0.254 e. The van der Waals surface area contributed by atoms with Crippen LogP contribution in [0.15, 0.2) is 24.8 Å². The van der Waals surface area contributed by atoms with Crippen molar-refractivity contribution in [3.63, 3.8) is 0 Å². The van der Waals surface area contributed by atoms with Crippen LogP contribution in [0.25, 0.3) is 16.9 Å². The van der Waals surface area contributed by atoms with Crippen LogP contribution in [-0.4, -0.2) is 29.4 Å². The molecule has 6 heteroatoms. The van der Waals surface area contributed by atoms with Gasteiger partial charge < -0.3 is 0 Å². The predicted molar refractivity (Wildman–Crippen MR) is 76.2 cm³/mol. The number of nitrogens with zero attached hydrogens (tertiary/aromatic N) is 6. The Morgan fingerprint density at radius 3 is 2.70 bits per heavy atom. The molecular weight excluding hydrogens is 252 g/mol. The van der Waals surface area contributed by atoms with E-state index in [0.29, 0.717) is 11.7 Å². The van der Waals surface area contributed by atoms with Crippen LogP contribution < -0.4 is 0 Å². The van der Waals surface area contributed by atoms with Gasteiger partial charge in [-0.25, -0.2) is 4.98 Å². The van der Waals surface area contributed by atoms with Crippen molar-refractivity contribution >= 4 is 5.78 Å². The summed E-state index contributed by atoms with van der Waals surface area (Å²) in [7, 11) is 0. The first-order valence-corrected chi connectivity index (χ1v) is 6.83. The topological polar surface area (TPSA) is 60.9 Å². The standard InChI is InChI=1S/C14H18N6/c1-10(2)4-5-19-8-13(7-16-19)12-6-15-14-18-17-11(3)20(14)9-12/h6-10H,4-5H2,1-3H3. The Hall–Kier alpha value is -2.24. The molecule has 0 aliphatic heterocycles. The van der Waals surface area contributed by atoms with Crippen LogP contribution in [0, 0.1) is 12.8 Å². The normalized spacial score (nSPS) is 11.6. The summed E-state index contributed by atoms with van der Waals surface area (Å²) in [6.07, 6.45) is 8.88. The summed E-state index contributed by atoms with van der Waals surface area (Å²) in [6, 6.07) is 0. The molecule has 0 radical (unpaired) electrons. The Bertz CT molecular complexity index is 724. The Balaban J connectivity index is 1.88. The number of fused-ring (bicyclic) bond motifs is 1. The molecule has 104 valence electrons. The fraction of sp³-hybridized carbons (Fsp3) is 0.429. The minimum atomic E-state index is 0.624. The first-order valence-electron chi connectivity index (χ1n) is 6.83. The molecule has 6 nitrogen and oxygen atoms in total. The lowest BCUT2D eigenvalue weighted by atomic mass is 10.1. The minimum Gasteiger partial charge on any atom is -0.272 e. The van der Waals surface area contributed by atoms with Crippen molar-refractivity contribution in [1.29, 1.82) is 0 Å². The van der Waals surface area contributed by atoms with Crippen LogP contribution >= 0.6 is 0 Å². The zero-order chi connectivity index (χ0) is 14.1. The Morgan fingerprint density at radius 1 is 1.10 bits per heavy atom. The van der Waals surface area contributed by atoms with E-state index in [1.807, 2.05) is 34.6 Å². The van der Waals surface area contributed by atoms with Gasteiger partial charge in [0.2, 0.25) is 0 Å². The highest BCUT2D eigenvalue weighted by Gasteiger charge is 2.07. The highest BCUT2D eigenvalue weighted by molar-refractivity contribution is 5.60. The van der Waals surface area contributed by atoms with Crippen molar-refractivity contribution in [1.82, 2.24) is 29.4 Å². The van der Waals surface area contributed by atoms with Crippen LogP contribution in [0.4, 0.5) is 0 Å². The number of rotatable bonds is 4. The first kappa shape index (κ1) is 12.8. The van der Waals surface area contributed by atoms with Gasteiger partial charge in [0, 0.05) is 36.3 Å². The Labute approximate surface area is 117 Å². The van der Waals surface area contributed by atoms with Crippen molar-refractivity contribution in [3.05, 3.63) is 30.6 Å². The summed E-state index contributed by atoms with van der Waals surface area (Å²) in [5.74, 6) is 2.14. The number of hydrogen-bond acceptors (Lipinski definition) is 4. The molecule has 3 aromatic rings. The highest BCUT2D eigenvalue weighted by Crippen LogP contribution is 2.18. The average Bonchev–Trinajstić information content (AvgIpc) is 3.04. The zero-order valence-corrected chi connectivity index (χ0v) is 12.0. The van der Waals surface area contributed by atoms with Crippen molar-refractivity contribution < 1.29 is 0 Å². The second-order valence-corrected chi connectivity index (χ2v) is 5.43. The van der Waals surface area contributed by atoms with Gasteiger partial charge in [-0.2, -0.15) is 5.10 Å². The van der Waals surface area contributed by atoms with Crippen LogP contribution in [0.1, 0.15) is 26.1 Å². The van der Waals surface area contributed by atoms with Gasteiger partial charge in [0.05, 0.1) is 6.20 Å². The number of aryl methyl sites for hydroxylation is 2. The number of hydrogen-bond donors (Lipinski definition) is 0. The van der Waals surface area contributed by atoms with E-state index < -0.39 is 0 Å². The van der Waals surface area contributed by atoms with E-state index in [0.717, 1.165) is 29.9 Å². The van der Waals surface area contributed by atoms with Crippen molar-refractivity contribution in [2.75, 3.05) is 0 Å². The average molecular weight is 270 g/mol. The molecule has 0 saturated carbocycles. The molecule has 0 unspecified atom stereocenters. The van der Waals surface area contributed by atoms with Gasteiger partial charge in [-0.05, 0) is 19.3 Å². The quantitative estimate of drug-likeness (QED) is 0.730. The molecule has 3 rings (SSSR count). The molecule has 3 heterocycles. The maximum atomic E-state index is 4.40. The lowest BCUT2D eigenvalue weighted by Gasteiger charge is -2.04. The van der Waals surface area contributed by atoms with E-state index >= 15 is 0 Å². The summed E-state index contributed by atoms with van der Waals surface area (Å²) in [5.41, 5.74) is 2.09. The third-order valence-corrected chi connectivity index (χ3v) is 3.34. The summed E-state index contributed by atoms with van der Waals surface area (Å²) in [6.45, 7) is 7.30. The van der Waals surface area contributed by atoms with E-state index in [-0.39, 0.29) is 0 Å². The summed E-state index contributed by atoms with van der Waals surface area (Å²) in [5, 5.41) is 12.4. The van der Waals surface area contributed by atoms with E-state index in [4.69, 9.17) is 0 Å². The molecule has 0 atom stereocenters. The van der Waals surface area contributed by atoms with Gasteiger partial charge in [0.25, 0.3) is 5.78 Å². The molecular formula is C14H18N6. The summed E-state index contributed by atoms with van der Waals surface area (Å²) in [4.78, 5) is 4.31. The van der Waals surface area contributed by atoms with Gasteiger partial charge in [-0.1, -0.05) is 13.8 Å². The molecule has 0 aromatic carbocycles. The Morgan fingerprint density at radius 2 is 1.90 bits per heavy atom. The van der Waals surface area contributed by atoms with Crippen LogP contribution in [0.3, 0.4) is 0 Å². The monoisotopic (exact) mass is 270 g/mol. The van der Waals surface area contributed by atoms with E-state index in [1.54, 1.807) is 0 Å². The SMILES string of the molecule is Cc1nnc2ncc(-c3cnn(CCC(C)C)c3)cn12. The third kappa shape index (κ3) is 2.41. The van der Waals surface area contributed by atoms with Gasteiger partial charge in [0.15, 0.2) is 0 Å². The van der Waals surface area contributed by atoms with E-state index in [2.05, 4.69) is 40.3 Å². The molecule has 0 aliphatic rings. The fourth-order valence-electron chi connectivity index (χ4n) is 2.07. The maximum Gasteiger partial charge on any atom is 0.254 e. The molecule has 0 aliphatic carbocycles. The largest absolute Gasteiger partial charge is 0.272 e. The van der Waals surface area contributed by atoms with Gasteiger partial charge >= 0.3 is 0 Å². The zero-order valence-electron chi connectivity index (χ0n) is 12.0. The van der Waals surface area contributed by atoms with E-state index in [9.17, 15) is 0 Å². The number of aromatic nitrogens is 6. The Kier molecular flexibility index (Phi) is 3.22. The highest BCUT2D eigenvalue weighted by atomic mass is 15.3. The summed E-state index contributed by atoms with van der Waals surface area (Å²) < 4.78 is 3.87.